The summed E-state index contributed by atoms with van der Waals surface area (Å²) < 4.78 is 48.2. The highest BCUT2D eigenvalue weighted by Gasteiger charge is 2.21. The predicted molar refractivity (Wildman–Crippen MR) is 116 cm³/mol. The number of fused-ring (bicyclic) bond motifs is 1. The van der Waals surface area contributed by atoms with Gasteiger partial charge in [0.15, 0.2) is 0 Å². The number of anilines is 1. The molecule has 6 nitrogen and oxygen atoms in total. The molecule has 0 aliphatic rings. The van der Waals surface area contributed by atoms with Crippen molar-refractivity contribution in [2.75, 3.05) is 12.4 Å². The number of aryl methyl sites for hydroxylation is 2. The minimum absolute atomic E-state index is 0.131. The summed E-state index contributed by atoms with van der Waals surface area (Å²) >= 11 is 0. The molecule has 0 amide bonds. The van der Waals surface area contributed by atoms with E-state index < -0.39 is 23.8 Å². The van der Waals surface area contributed by atoms with Crippen LogP contribution in [0, 0.1) is 12.7 Å². The maximum absolute atomic E-state index is 14.7. The van der Waals surface area contributed by atoms with Crippen molar-refractivity contribution in [2.45, 2.75) is 26.3 Å². The molecule has 0 radical (unpaired) electrons. The van der Waals surface area contributed by atoms with Crippen molar-refractivity contribution in [3.63, 3.8) is 0 Å². The van der Waals surface area contributed by atoms with Crippen LogP contribution in [-0.2, 0) is 7.05 Å². The number of methoxy groups -OCH3 is 1. The van der Waals surface area contributed by atoms with Crippen LogP contribution in [0.1, 0.15) is 36.3 Å². The molecule has 4 aromatic rings. The summed E-state index contributed by atoms with van der Waals surface area (Å²) in [5.74, 6) is 0.641. The maximum atomic E-state index is 14.7. The fraction of sp³-hybridized carbons (Fsp3) is 0.261. The van der Waals surface area contributed by atoms with E-state index in [0.717, 1.165) is 17.2 Å². The van der Waals surface area contributed by atoms with Gasteiger partial charge >= 0.3 is 0 Å². The summed E-state index contributed by atoms with van der Waals surface area (Å²) in [7, 11) is 3.39. The van der Waals surface area contributed by atoms with E-state index >= 15 is 0 Å². The van der Waals surface area contributed by atoms with Gasteiger partial charge in [0.2, 0.25) is 0 Å². The Morgan fingerprint density at radius 2 is 1.88 bits per heavy atom. The SMILES string of the molecule is COc1cc2c(NC(C)c3cccc(C(F)F)c3F)nc(C)nc2cc1-c1cnn(C)c1. The zero-order valence-electron chi connectivity index (χ0n) is 18.0. The summed E-state index contributed by atoms with van der Waals surface area (Å²) in [6.45, 7) is 3.44. The second-order valence-corrected chi connectivity index (χ2v) is 7.51. The van der Waals surface area contributed by atoms with Crippen LogP contribution >= 0.6 is 0 Å². The van der Waals surface area contributed by atoms with Crippen molar-refractivity contribution < 1.29 is 17.9 Å². The molecule has 1 unspecified atom stereocenters. The van der Waals surface area contributed by atoms with Crippen LogP contribution in [0.4, 0.5) is 19.0 Å². The third kappa shape index (κ3) is 3.98. The summed E-state index contributed by atoms with van der Waals surface area (Å²) in [6, 6.07) is 7.06. The fourth-order valence-electron chi connectivity index (χ4n) is 3.69. The molecule has 1 atom stereocenters. The molecule has 0 saturated heterocycles. The van der Waals surface area contributed by atoms with Gasteiger partial charge in [-0.15, -0.1) is 0 Å². The molecular formula is C23H22F3N5O. The van der Waals surface area contributed by atoms with Crippen LogP contribution in [0.15, 0.2) is 42.7 Å². The van der Waals surface area contributed by atoms with Crippen molar-refractivity contribution in [3.8, 4) is 16.9 Å². The Labute approximate surface area is 183 Å². The molecule has 4 rings (SSSR count). The number of nitrogens with one attached hydrogen (secondary N) is 1. The van der Waals surface area contributed by atoms with Gasteiger partial charge in [-0.25, -0.2) is 23.1 Å². The molecule has 0 aliphatic heterocycles. The second-order valence-electron chi connectivity index (χ2n) is 7.51. The number of rotatable bonds is 6. The van der Waals surface area contributed by atoms with Crippen LogP contribution in [-0.4, -0.2) is 26.9 Å². The minimum atomic E-state index is -2.89. The number of ether oxygens (including phenoxy) is 1. The van der Waals surface area contributed by atoms with Gasteiger partial charge in [-0.05, 0) is 26.0 Å². The van der Waals surface area contributed by atoms with Gasteiger partial charge in [-0.1, -0.05) is 18.2 Å². The third-order valence-corrected chi connectivity index (χ3v) is 5.26. The molecule has 0 aliphatic carbocycles. The Balaban J connectivity index is 1.79. The third-order valence-electron chi connectivity index (χ3n) is 5.26. The molecule has 166 valence electrons. The second kappa shape index (κ2) is 8.49. The van der Waals surface area contributed by atoms with E-state index in [-0.39, 0.29) is 5.56 Å². The number of nitrogens with zero attached hydrogens (tertiary/aromatic N) is 4. The first kappa shape index (κ1) is 21.6. The Hall–Kier alpha value is -3.62. The molecule has 2 aromatic heterocycles. The molecule has 1 N–H and O–H groups in total. The van der Waals surface area contributed by atoms with Crippen LogP contribution in [0.5, 0.6) is 5.75 Å². The van der Waals surface area contributed by atoms with E-state index in [4.69, 9.17) is 4.74 Å². The van der Waals surface area contributed by atoms with E-state index in [1.807, 2.05) is 19.3 Å². The molecule has 0 spiro atoms. The van der Waals surface area contributed by atoms with Gasteiger partial charge < -0.3 is 10.1 Å². The average molecular weight is 441 g/mol. The number of benzene rings is 2. The highest BCUT2D eigenvalue weighted by atomic mass is 19.3. The average Bonchev–Trinajstić information content (AvgIpc) is 3.18. The number of aromatic nitrogens is 4. The fourth-order valence-corrected chi connectivity index (χ4v) is 3.69. The molecule has 9 heteroatoms. The zero-order valence-corrected chi connectivity index (χ0v) is 18.0. The number of alkyl halides is 2. The summed E-state index contributed by atoms with van der Waals surface area (Å²) in [5.41, 5.74) is 1.86. The standard InChI is InChI=1S/C23H22F3N5O/c1-12(15-6-5-7-16(21(15)24)22(25)26)28-23-18-9-20(32-4)17(14-10-27-31(3)11-14)8-19(18)29-13(2)30-23/h5-12,22H,1-4H3,(H,28,29,30). The summed E-state index contributed by atoms with van der Waals surface area (Å²) in [5, 5.41) is 8.03. The van der Waals surface area contributed by atoms with E-state index in [0.29, 0.717) is 28.3 Å². The predicted octanol–water partition coefficient (Wildman–Crippen LogP) is 5.60. The van der Waals surface area contributed by atoms with Gasteiger partial charge in [0.25, 0.3) is 6.43 Å². The number of hydrogen-bond acceptors (Lipinski definition) is 5. The summed E-state index contributed by atoms with van der Waals surface area (Å²) in [4.78, 5) is 9.00. The molecule has 2 heterocycles. The minimum Gasteiger partial charge on any atom is -0.496 e. The zero-order chi connectivity index (χ0) is 23.0. The van der Waals surface area contributed by atoms with Gasteiger partial charge in [0.1, 0.15) is 23.2 Å². The number of hydrogen-bond donors (Lipinski definition) is 1. The molecular weight excluding hydrogens is 419 g/mol. The van der Waals surface area contributed by atoms with Crippen molar-refractivity contribution in [2.24, 2.45) is 7.05 Å². The van der Waals surface area contributed by atoms with Crippen molar-refractivity contribution >= 4 is 16.7 Å². The van der Waals surface area contributed by atoms with Crippen molar-refractivity contribution in [1.29, 1.82) is 0 Å². The van der Waals surface area contributed by atoms with Gasteiger partial charge in [-0.2, -0.15) is 5.10 Å². The molecule has 2 aromatic carbocycles. The lowest BCUT2D eigenvalue weighted by Gasteiger charge is -2.19. The highest BCUT2D eigenvalue weighted by molar-refractivity contribution is 5.94. The molecule has 0 saturated carbocycles. The quantitative estimate of drug-likeness (QED) is 0.422. The van der Waals surface area contributed by atoms with Crippen LogP contribution in [0.3, 0.4) is 0 Å². The van der Waals surface area contributed by atoms with Gasteiger partial charge in [-0.3, -0.25) is 4.68 Å². The normalized spacial score (nSPS) is 12.4. The Bertz CT molecular complexity index is 1290. The molecule has 0 fully saturated rings. The Kier molecular flexibility index (Phi) is 5.73. The molecule has 0 bridgehead atoms. The van der Waals surface area contributed by atoms with E-state index in [2.05, 4.69) is 20.4 Å². The lowest BCUT2D eigenvalue weighted by atomic mass is 10.0. The Morgan fingerprint density at radius 1 is 1.12 bits per heavy atom. The van der Waals surface area contributed by atoms with E-state index in [1.165, 1.54) is 12.1 Å². The van der Waals surface area contributed by atoms with Crippen molar-refractivity contribution in [1.82, 2.24) is 19.7 Å². The lowest BCUT2D eigenvalue weighted by Crippen LogP contribution is -2.12. The molecule has 32 heavy (non-hydrogen) atoms. The van der Waals surface area contributed by atoms with Gasteiger partial charge in [0, 0.05) is 35.3 Å². The summed E-state index contributed by atoms with van der Waals surface area (Å²) in [6.07, 6.45) is 0.717. The first-order valence-corrected chi connectivity index (χ1v) is 9.97. The first-order valence-electron chi connectivity index (χ1n) is 9.97. The highest BCUT2D eigenvalue weighted by Crippen LogP contribution is 2.36. The van der Waals surface area contributed by atoms with E-state index in [9.17, 15) is 13.2 Å². The van der Waals surface area contributed by atoms with Crippen LogP contribution in [0.25, 0.3) is 22.0 Å². The van der Waals surface area contributed by atoms with Gasteiger partial charge in [0.05, 0.1) is 30.4 Å². The van der Waals surface area contributed by atoms with Crippen LogP contribution < -0.4 is 10.1 Å². The lowest BCUT2D eigenvalue weighted by molar-refractivity contribution is 0.146. The maximum Gasteiger partial charge on any atom is 0.266 e. The number of halogens is 3. The van der Waals surface area contributed by atoms with Crippen LogP contribution in [0.2, 0.25) is 0 Å². The van der Waals surface area contributed by atoms with E-state index in [1.54, 1.807) is 37.9 Å². The largest absolute Gasteiger partial charge is 0.496 e. The van der Waals surface area contributed by atoms with Crippen molar-refractivity contribution in [3.05, 3.63) is 65.5 Å². The Morgan fingerprint density at radius 3 is 2.53 bits per heavy atom. The topological polar surface area (TPSA) is 64.9 Å². The smallest absolute Gasteiger partial charge is 0.266 e. The first-order chi connectivity index (χ1) is 15.3. The monoisotopic (exact) mass is 441 g/mol.